The molecule has 0 aromatic rings. The van der Waals surface area contributed by atoms with Gasteiger partial charge in [-0.05, 0) is 23.8 Å². The SMILES string of the molecule is CC(C)(C)CC1C=CC=C(O)C1. The average Bonchev–Trinajstić information content (AvgIpc) is 1.82. The molecule has 0 heterocycles. The molecule has 1 nitrogen and oxygen atoms in total. The Morgan fingerprint density at radius 2 is 2.17 bits per heavy atom. The highest BCUT2D eigenvalue weighted by atomic mass is 16.3. The van der Waals surface area contributed by atoms with Gasteiger partial charge < -0.3 is 5.11 Å². The van der Waals surface area contributed by atoms with Crippen molar-refractivity contribution < 1.29 is 5.11 Å². The molecule has 0 aliphatic heterocycles. The molecule has 0 fully saturated rings. The van der Waals surface area contributed by atoms with Gasteiger partial charge in [-0.2, -0.15) is 0 Å². The fourth-order valence-electron chi connectivity index (χ4n) is 1.66. The quantitative estimate of drug-likeness (QED) is 0.632. The molecule has 1 N–H and O–H groups in total. The van der Waals surface area contributed by atoms with Crippen molar-refractivity contribution >= 4 is 0 Å². The monoisotopic (exact) mass is 166 g/mol. The maximum Gasteiger partial charge on any atom is 0.0928 e. The topological polar surface area (TPSA) is 20.2 Å². The van der Waals surface area contributed by atoms with Crippen LogP contribution >= 0.6 is 0 Å². The van der Waals surface area contributed by atoms with E-state index in [1.54, 1.807) is 6.08 Å². The largest absolute Gasteiger partial charge is 0.512 e. The van der Waals surface area contributed by atoms with Crippen molar-refractivity contribution in [2.45, 2.75) is 33.6 Å². The first-order valence-corrected chi connectivity index (χ1v) is 4.54. The number of aliphatic hydroxyl groups excluding tert-OH is 1. The molecule has 0 radical (unpaired) electrons. The maximum atomic E-state index is 9.29. The Kier molecular flexibility index (Phi) is 2.61. The Morgan fingerprint density at radius 1 is 1.50 bits per heavy atom. The summed E-state index contributed by atoms with van der Waals surface area (Å²) in [7, 11) is 0. The molecule has 1 rings (SSSR count). The molecule has 0 spiro atoms. The van der Waals surface area contributed by atoms with E-state index in [-0.39, 0.29) is 0 Å². The second-order valence-corrected chi connectivity index (χ2v) is 4.77. The summed E-state index contributed by atoms with van der Waals surface area (Å²) in [5.41, 5.74) is 0.354. The fourth-order valence-corrected chi connectivity index (χ4v) is 1.66. The minimum atomic E-state index is 0.354. The summed E-state index contributed by atoms with van der Waals surface area (Å²) in [6.07, 6.45) is 7.87. The zero-order chi connectivity index (χ0) is 9.19. The number of hydrogen-bond donors (Lipinski definition) is 1. The summed E-state index contributed by atoms with van der Waals surface area (Å²) in [5.74, 6) is 1.04. The Hall–Kier alpha value is -0.720. The number of aliphatic hydroxyl groups is 1. The zero-order valence-corrected chi connectivity index (χ0v) is 8.17. The Labute approximate surface area is 74.8 Å². The Bertz CT molecular complexity index is 206. The van der Waals surface area contributed by atoms with E-state index in [4.69, 9.17) is 0 Å². The van der Waals surface area contributed by atoms with E-state index in [0.717, 1.165) is 12.8 Å². The van der Waals surface area contributed by atoms with Gasteiger partial charge in [-0.1, -0.05) is 32.9 Å². The van der Waals surface area contributed by atoms with Crippen molar-refractivity contribution in [1.29, 1.82) is 0 Å². The minimum Gasteiger partial charge on any atom is -0.512 e. The summed E-state index contributed by atoms with van der Waals surface area (Å²) in [4.78, 5) is 0. The third-order valence-electron chi connectivity index (χ3n) is 2.02. The van der Waals surface area contributed by atoms with E-state index >= 15 is 0 Å². The van der Waals surface area contributed by atoms with Crippen molar-refractivity contribution in [1.82, 2.24) is 0 Å². The lowest BCUT2D eigenvalue weighted by atomic mass is 9.82. The van der Waals surface area contributed by atoms with Gasteiger partial charge in [0.25, 0.3) is 0 Å². The van der Waals surface area contributed by atoms with Crippen LogP contribution in [0.15, 0.2) is 24.0 Å². The highest BCUT2D eigenvalue weighted by Gasteiger charge is 2.18. The van der Waals surface area contributed by atoms with Crippen LogP contribution in [-0.2, 0) is 0 Å². The summed E-state index contributed by atoms with van der Waals surface area (Å²) in [6.45, 7) is 6.70. The van der Waals surface area contributed by atoms with E-state index in [1.165, 1.54) is 0 Å². The van der Waals surface area contributed by atoms with Crippen LogP contribution in [0.5, 0.6) is 0 Å². The van der Waals surface area contributed by atoms with E-state index in [0.29, 0.717) is 17.1 Å². The Balaban J connectivity index is 2.47. The normalized spacial score (nSPS) is 23.9. The van der Waals surface area contributed by atoms with Gasteiger partial charge >= 0.3 is 0 Å². The first-order valence-electron chi connectivity index (χ1n) is 4.54. The van der Waals surface area contributed by atoms with Crippen LogP contribution in [-0.4, -0.2) is 5.11 Å². The standard InChI is InChI=1S/C11H18O/c1-11(2,3)8-9-5-4-6-10(12)7-9/h4-6,9,12H,7-8H2,1-3H3. The second kappa shape index (κ2) is 3.34. The van der Waals surface area contributed by atoms with E-state index < -0.39 is 0 Å². The van der Waals surface area contributed by atoms with Crippen molar-refractivity contribution in [2.24, 2.45) is 11.3 Å². The molecule has 1 heteroatoms. The molecule has 1 unspecified atom stereocenters. The molecule has 0 aromatic carbocycles. The molecule has 12 heavy (non-hydrogen) atoms. The van der Waals surface area contributed by atoms with Gasteiger partial charge in [0.15, 0.2) is 0 Å². The lowest BCUT2D eigenvalue weighted by Crippen LogP contribution is -2.13. The van der Waals surface area contributed by atoms with Crippen LogP contribution in [0.3, 0.4) is 0 Å². The number of hydrogen-bond acceptors (Lipinski definition) is 1. The third kappa shape index (κ3) is 3.12. The van der Waals surface area contributed by atoms with Gasteiger partial charge in [-0.25, -0.2) is 0 Å². The summed E-state index contributed by atoms with van der Waals surface area (Å²) in [5, 5.41) is 9.29. The number of allylic oxidation sites excluding steroid dienone is 4. The molecule has 68 valence electrons. The van der Waals surface area contributed by atoms with E-state index in [9.17, 15) is 5.11 Å². The molecule has 1 atom stereocenters. The predicted octanol–water partition coefficient (Wildman–Crippen LogP) is 3.44. The molecule has 1 aliphatic carbocycles. The first-order chi connectivity index (χ1) is 5.47. The first kappa shape index (κ1) is 9.37. The smallest absolute Gasteiger partial charge is 0.0928 e. The summed E-state index contributed by atoms with van der Waals surface area (Å²) in [6, 6.07) is 0. The van der Waals surface area contributed by atoms with Gasteiger partial charge in [0.1, 0.15) is 0 Å². The van der Waals surface area contributed by atoms with Gasteiger partial charge in [-0.3, -0.25) is 0 Å². The maximum absolute atomic E-state index is 9.29. The molecular weight excluding hydrogens is 148 g/mol. The average molecular weight is 166 g/mol. The van der Waals surface area contributed by atoms with Crippen LogP contribution in [0.1, 0.15) is 33.6 Å². The molecule has 0 saturated heterocycles. The van der Waals surface area contributed by atoms with Gasteiger partial charge in [0.05, 0.1) is 5.76 Å². The Morgan fingerprint density at radius 3 is 2.67 bits per heavy atom. The van der Waals surface area contributed by atoms with Crippen molar-refractivity contribution in [3.8, 4) is 0 Å². The second-order valence-electron chi connectivity index (χ2n) is 4.77. The van der Waals surface area contributed by atoms with Gasteiger partial charge in [0.2, 0.25) is 0 Å². The molecule has 1 aliphatic rings. The van der Waals surface area contributed by atoms with E-state index in [2.05, 4.69) is 26.8 Å². The van der Waals surface area contributed by atoms with Crippen molar-refractivity contribution in [2.75, 3.05) is 0 Å². The van der Waals surface area contributed by atoms with Gasteiger partial charge in [-0.15, -0.1) is 0 Å². The van der Waals surface area contributed by atoms with Crippen molar-refractivity contribution in [3.63, 3.8) is 0 Å². The van der Waals surface area contributed by atoms with Gasteiger partial charge in [0, 0.05) is 6.42 Å². The molecule has 0 amide bonds. The van der Waals surface area contributed by atoms with Crippen molar-refractivity contribution in [3.05, 3.63) is 24.0 Å². The minimum absolute atomic E-state index is 0.354. The highest BCUT2D eigenvalue weighted by molar-refractivity contribution is 5.15. The summed E-state index contributed by atoms with van der Waals surface area (Å²) >= 11 is 0. The lowest BCUT2D eigenvalue weighted by molar-refractivity contribution is 0.291. The van der Waals surface area contributed by atoms with Crippen LogP contribution < -0.4 is 0 Å². The zero-order valence-electron chi connectivity index (χ0n) is 8.17. The molecule has 0 bridgehead atoms. The molecular formula is C11H18O. The lowest BCUT2D eigenvalue weighted by Gasteiger charge is -2.24. The van der Waals surface area contributed by atoms with Crippen LogP contribution in [0.25, 0.3) is 0 Å². The predicted molar refractivity (Wildman–Crippen MR) is 52.0 cm³/mol. The molecule has 0 saturated carbocycles. The van der Waals surface area contributed by atoms with E-state index in [1.807, 2.05) is 6.08 Å². The molecule has 0 aromatic heterocycles. The third-order valence-corrected chi connectivity index (χ3v) is 2.02. The summed E-state index contributed by atoms with van der Waals surface area (Å²) < 4.78 is 0. The van der Waals surface area contributed by atoms with Crippen LogP contribution in [0, 0.1) is 11.3 Å². The van der Waals surface area contributed by atoms with Crippen LogP contribution in [0.4, 0.5) is 0 Å². The van der Waals surface area contributed by atoms with Crippen LogP contribution in [0.2, 0.25) is 0 Å². The highest BCUT2D eigenvalue weighted by Crippen LogP contribution is 2.30. The fraction of sp³-hybridized carbons (Fsp3) is 0.636. The number of rotatable bonds is 1.